The summed E-state index contributed by atoms with van der Waals surface area (Å²) in [6, 6.07) is 5.08. The van der Waals surface area contributed by atoms with Crippen LogP contribution in [0.3, 0.4) is 0 Å². The summed E-state index contributed by atoms with van der Waals surface area (Å²) in [6.07, 6.45) is 5.11. The van der Waals surface area contributed by atoms with Gasteiger partial charge < -0.3 is 10.4 Å². The van der Waals surface area contributed by atoms with Gasteiger partial charge in [-0.1, -0.05) is 31.4 Å². The molecule has 0 aliphatic heterocycles. The van der Waals surface area contributed by atoms with Crippen LogP contribution in [0.15, 0.2) is 18.2 Å². The second-order valence-electron chi connectivity index (χ2n) is 5.51. The molecule has 1 saturated carbocycles. The third-order valence-corrected chi connectivity index (χ3v) is 4.26. The van der Waals surface area contributed by atoms with Gasteiger partial charge in [0.15, 0.2) is 0 Å². The van der Waals surface area contributed by atoms with E-state index in [1.807, 2.05) is 6.07 Å². The molecule has 1 aromatic rings. The first-order chi connectivity index (χ1) is 9.06. The van der Waals surface area contributed by atoms with Crippen LogP contribution in [0.2, 0.25) is 5.02 Å². The van der Waals surface area contributed by atoms with Gasteiger partial charge in [0.2, 0.25) is 0 Å². The number of nitrogens with one attached hydrogen (secondary N) is 1. The van der Waals surface area contributed by atoms with Crippen molar-refractivity contribution < 1.29 is 9.90 Å². The van der Waals surface area contributed by atoms with Crippen molar-refractivity contribution in [3.63, 3.8) is 0 Å². The normalized spacial score (nSPS) is 23.1. The summed E-state index contributed by atoms with van der Waals surface area (Å²) in [5.74, 6) is 0.561. The van der Waals surface area contributed by atoms with E-state index < -0.39 is 5.97 Å². The predicted molar refractivity (Wildman–Crippen MR) is 78.0 cm³/mol. The largest absolute Gasteiger partial charge is 0.478 e. The molecule has 3 nitrogen and oxygen atoms in total. The molecule has 0 unspecified atom stereocenters. The number of carboxylic acids is 1. The fourth-order valence-electron chi connectivity index (χ4n) is 2.59. The lowest BCUT2D eigenvalue weighted by Crippen LogP contribution is -2.20. The van der Waals surface area contributed by atoms with Gasteiger partial charge in [0, 0.05) is 12.2 Å². The second kappa shape index (κ2) is 6.29. The predicted octanol–water partition coefficient (Wildman–Crippen LogP) is 4.28. The Morgan fingerprint density at radius 2 is 2.05 bits per heavy atom. The lowest BCUT2D eigenvalue weighted by molar-refractivity contribution is 0.0697. The van der Waals surface area contributed by atoms with Crippen LogP contribution >= 0.6 is 11.6 Å². The Morgan fingerprint density at radius 1 is 1.37 bits per heavy atom. The highest BCUT2D eigenvalue weighted by Crippen LogP contribution is 2.29. The Bertz CT molecular complexity index is 453. The van der Waals surface area contributed by atoms with Gasteiger partial charge in [-0.25, -0.2) is 4.79 Å². The van der Waals surface area contributed by atoms with Gasteiger partial charge in [-0.3, -0.25) is 0 Å². The third-order valence-electron chi connectivity index (χ3n) is 3.93. The summed E-state index contributed by atoms with van der Waals surface area (Å²) in [5, 5.41) is 12.6. The molecule has 2 N–H and O–H groups in total. The number of aromatic carboxylic acids is 1. The first-order valence-electron chi connectivity index (χ1n) is 6.83. The van der Waals surface area contributed by atoms with Gasteiger partial charge in [-0.05, 0) is 42.9 Å². The number of carboxylic acid groups (broad SMARTS) is 1. The maximum absolute atomic E-state index is 11.0. The van der Waals surface area contributed by atoms with Crippen LogP contribution in [0.1, 0.15) is 43.0 Å². The Balaban J connectivity index is 1.92. The zero-order valence-electron chi connectivity index (χ0n) is 11.2. The maximum atomic E-state index is 11.0. The molecular weight excluding hydrogens is 262 g/mol. The molecule has 0 saturated heterocycles. The van der Waals surface area contributed by atoms with Crippen molar-refractivity contribution in [2.75, 3.05) is 11.9 Å². The molecule has 4 heteroatoms. The number of rotatable bonds is 4. The number of hydrogen-bond donors (Lipinski definition) is 2. The summed E-state index contributed by atoms with van der Waals surface area (Å²) in [6.45, 7) is 3.22. The van der Waals surface area contributed by atoms with Crippen molar-refractivity contribution in [1.29, 1.82) is 0 Å². The van der Waals surface area contributed by atoms with E-state index >= 15 is 0 Å². The van der Waals surface area contributed by atoms with Crippen molar-refractivity contribution in [2.24, 2.45) is 11.8 Å². The van der Waals surface area contributed by atoms with Gasteiger partial charge in [-0.15, -0.1) is 0 Å². The van der Waals surface area contributed by atoms with E-state index in [1.54, 1.807) is 12.1 Å². The van der Waals surface area contributed by atoms with Crippen molar-refractivity contribution in [3.8, 4) is 0 Å². The van der Waals surface area contributed by atoms with Crippen LogP contribution in [0.25, 0.3) is 0 Å². The Kier molecular flexibility index (Phi) is 4.70. The average molecular weight is 282 g/mol. The summed E-state index contributed by atoms with van der Waals surface area (Å²) in [5.41, 5.74) is 0.990. The van der Waals surface area contributed by atoms with E-state index in [9.17, 15) is 4.79 Å². The molecule has 1 aromatic carbocycles. The van der Waals surface area contributed by atoms with Crippen LogP contribution in [0.4, 0.5) is 5.69 Å². The highest BCUT2D eigenvalue weighted by molar-refractivity contribution is 6.33. The van der Waals surface area contributed by atoms with Gasteiger partial charge in [-0.2, -0.15) is 0 Å². The molecular formula is C15H20ClNO2. The fraction of sp³-hybridized carbons (Fsp3) is 0.533. The minimum absolute atomic E-state index is 0.156. The number of anilines is 1. The Morgan fingerprint density at radius 3 is 2.68 bits per heavy atom. The minimum Gasteiger partial charge on any atom is -0.478 e. The Labute approximate surface area is 119 Å². The van der Waals surface area contributed by atoms with Crippen molar-refractivity contribution in [1.82, 2.24) is 0 Å². The molecule has 1 aliphatic rings. The maximum Gasteiger partial charge on any atom is 0.337 e. The first kappa shape index (κ1) is 14.2. The summed E-state index contributed by atoms with van der Waals surface area (Å²) < 4.78 is 0. The molecule has 0 radical (unpaired) electrons. The number of carbonyl (C=O) groups is 1. The zero-order chi connectivity index (χ0) is 13.8. The highest BCUT2D eigenvalue weighted by Gasteiger charge is 2.18. The average Bonchev–Trinajstić information content (AvgIpc) is 2.39. The van der Waals surface area contributed by atoms with Crippen molar-refractivity contribution in [3.05, 3.63) is 28.8 Å². The first-order valence-corrected chi connectivity index (χ1v) is 7.20. The Hall–Kier alpha value is -1.22. The van der Waals surface area contributed by atoms with E-state index in [1.165, 1.54) is 25.7 Å². The fourth-order valence-corrected chi connectivity index (χ4v) is 2.79. The van der Waals surface area contributed by atoms with E-state index in [0.717, 1.165) is 18.2 Å². The van der Waals surface area contributed by atoms with E-state index in [-0.39, 0.29) is 10.6 Å². The molecule has 0 amide bonds. The minimum atomic E-state index is -0.986. The number of halogens is 1. The lowest BCUT2D eigenvalue weighted by atomic mass is 9.83. The second-order valence-corrected chi connectivity index (χ2v) is 5.91. The van der Waals surface area contributed by atoms with Crippen LogP contribution in [0, 0.1) is 11.8 Å². The van der Waals surface area contributed by atoms with Crippen LogP contribution in [-0.2, 0) is 0 Å². The van der Waals surface area contributed by atoms with E-state index in [0.29, 0.717) is 5.92 Å². The van der Waals surface area contributed by atoms with Gasteiger partial charge in [0.1, 0.15) is 0 Å². The SMILES string of the molecule is CC1CCC(CNc2ccc(Cl)c(C(=O)O)c2)CC1. The smallest absolute Gasteiger partial charge is 0.337 e. The summed E-state index contributed by atoms with van der Waals surface area (Å²) in [4.78, 5) is 11.0. The highest BCUT2D eigenvalue weighted by atomic mass is 35.5. The van der Waals surface area contributed by atoms with Crippen molar-refractivity contribution in [2.45, 2.75) is 32.6 Å². The molecule has 104 valence electrons. The lowest BCUT2D eigenvalue weighted by Gasteiger charge is -2.26. The quantitative estimate of drug-likeness (QED) is 0.866. The summed E-state index contributed by atoms with van der Waals surface area (Å²) in [7, 11) is 0. The summed E-state index contributed by atoms with van der Waals surface area (Å²) >= 11 is 5.85. The van der Waals surface area contributed by atoms with Gasteiger partial charge in [0.25, 0.3) is 0 Å². The van der Waals surface area contributed by atoms with Gasteiger partial charge >= 0.3 is 5.97 Å². The molecule has 2 rings (SSSR count). The molecule has 1 fully saturated rings. The van der Waals surface area contributed by atoms with E-state index in [4.69, 9.17) is 16.7 Å². The van der Waals surface area contributed by atoms with Crippen LogP contribution in [0.5, 0.6) is 0 Å². The topological polar surface area (TPSA) is 49.3 Å². The molecule has 0 atom stereocenters. The number of hydrogen-bond acceptors (Lipinski definition) is 2. The monoisotopic (exact) mass is 281 g/mol. The molecule has 1 aliphatic carbocycles. The molecule has 0 heterocycles. The van der Waals surface area contributed by atoms with E-state index in [2.05, 4.69) is 12.2 Å². The third kappa shape index (κ3) is 3.87. The molecule has 0 aromatic heterocycles. The van der Waals surface area contributed by atoms with Gasteiger partial charge in [0.05, 0.1) is 10.6 Å². The van der Waals surface area contributed by atoms with Crippen LogP contribution in [-0.4, -0.2) is 17.6 Å². The molecule has 0 bridgehead atoms. The molecule has 0 spiro atoms. The molecule has 19 heavy (non-hydrogen) atoms. The zero-order valence-corrected chi connectivity index (χ0v) is 11.9. The number of benzene rings is 1. The van der Waals surface area contributed by atoms with Crippen LogP contribution < -0.4 is 5.32 Å². The van der Waals surface area contributed by atoms with Crippen molar-refractivity contribution >= 4 is 23.3 Å². The standard InChI is InChI=1S/C15H20ClNO2/c1-10-2-4-11(5-3-10)9-17-12-6-7-14(16)13(8-12)15(18)19/h6-8,10-11,17H,2-5,9H2,1H3,(H,18,19).